The quantitative estimate of drug-likeness (QED) is 0.0420. The summed E-state index contributed by atoms with van der Waals surface area (Å²) in [4.78, 5) is 48.7. The van der Waals surface area contributed by atoms with Crippen LogP contribution < -0.4 is 37.9 Å². The molecule has 92 heavy (non-hydrogen) atoms. The Kier molecular flexibility index (Phi) is 21.5. The van der Waals surface area contributed by atoms with Crippen LogP contribution in [0, 0.1) is 0 Å². The van der Waals surface area contributed by atoms with Crippen molar-refractivity contribution in [3.8, 4) is 46.0 Å². The Morgan fingerprint density at radius 2 is 0.424 bits per heavy atom. The molecule has 480 valence electrons. The van der Waals surface area contributed by atoms with Gasteiger partial charge in [0.05, 0.1) is 22.3 Å². The minimum Gasteiger partial charge on any atom is -0.489 e. The van der Waals surface area contributed by atoms with Crippen molar-refractivity contribution in [2.45, 2.75) is 130 Å². The lowest BCUT2D eigenvalue weighted by Gasteiger charge is -2.29. The molecule has 8 aromatic carbocycles. The summed E-state index contributed by atoms with van der Waals surface area (Å²) < 4.78 is 53.9. The van der Waals surface area contributed by atoms with E-state index in [-0.39, 0.29) is 74.5 Å². The fraction of sp³-hybridized carbons (Fsp3) is 0.350. The Hall–Kier alpha value is -9.16. The lowest BCUT2D eigenvalue weighted by atomic mass is 9.79. The van der Waals surface area contributed by atoms with E-state index in [1.54, 1.807) is 48.5 Å². The number of carbonyl (C=O) groups excluding carboxylic acids is 4. The van der Waals surface area contributed by atoms with Crippen LogP contribution in [0.25, 0.3) is 0 Å². The van der Waals surface area contributed by atoms with Gasteiger partial charge in [0.2, 0.25) is 0 Å². The molecule has 0 heterocycles. The van der Waals surface area contributed by atoms with E-state index < -0.39 is 0 Å². The molecule has 8 aromatic rings. The van der Waals surface area contributed by atoms with Gasteiger partial charge >= 0.3 is 0 Å². The number of para-hydroxylation sites is 4. The van der Waals surface area contributed by atoms with Crippen molar-refractivity contribution in [2.75, 3.05) is 52.9 Å². The summed E-state index contributed by atoms with van der Waals surface area (Å²) in [7, 11) is 0. The van der Waals surface area contributed by atoms with Gasteiger partial charge in [-0.15, -0.1) is 0 Å². The van der Waals surface area contributed by atoms with E-state index in [1.165, 1.54) is 0 Å². The maximum Gasteiger partial charge on any atom is 0.153 e. The maximum absolute atomic E-state index is 12.2. The third-order valence-electron chi connectivity index (χ3n) is 16.5. The highest BCUT2D eigenvalue weighted by Gasteiger charge is 2.30. The van der Waals surface area contributed by atoms with Crippen LogP contribution >= 0.6 is 0 Å². The standard InChI is InChI=1S/C80H88O12/c1-77(2,3)65-41-57-37-59-43-66(78(4,5)6)45-61(74(59)90-34-30-86-70-26-18-14-22-54(70)50-82)39-63-47-68(80(10,11)12)48-64(76(63)92-36-32-88-72-28-20-16-24-56(72)52-84)40-62-46-67(79(7,8)9)44-60(75(62)91-35-31-87-71-27-19-15-23-55(71)51-83)38-58(42-65)73(57)89-33-29-85-69-25-17-13-21-53(69)49-81/h13-28,41-52H,29-40H2,1-12H3. The lowest BCUT2D eigenvalue weighted by Crippen LogP contribution is -2.19. The number of hydrogen-bond donors (Lipinski definition) is 0. The lowest BCUT2D eigenvalue weighted by molar-refractivity contribution is 0.111. The van der Waals surface area contributed by atoms with Gasteiger partial charge in [-0.1, -0.05) is 180 Å². The molecule has 0 amide bonds. The minimum atomic E-state index is -0.322. The second kappa shape index (κ2) is 29.4. The summed E-state index contributed by atoms with van der Waals surface area (Å²) >= 11 is 0. The largest absolute Gasteiger partial charge is 0.489 e. The predicted molar refractivity (Wildman–Crippen MR) is 363 cm³/mol. The Labute approximate surface area is 543 Å². The third-order valence-corrected chi connectivity index (χ3v) is 16.5. The molecule has 0 spiro atoms. The fourth-order valence-corrected chi connectivity index (χ4v) is 11.4. The molecular weight excluding hydrogens is 1150 g/mol. The molecule has 0 aliphatic heterocycles. The molecule has 9 rings (SSSR count). The summed E-state index contributed by atoms with van der Waals surface area (Å²) in [6.07, 6.45) is 4.72. The molecule has 8 bridgehead atoms. The Morgan fingerprint density at radius 1 is 0.261 bits per heavy atom. The van der Waals surface area contributed by atoms with Crippen molar-refractivity contribution in [2.24, 2.45) is 0 Å². The monoisotopic (exact) mass is 1240 g/mol. The third kappa shape index (κ3) is 16.9. The highest BCUT2D eigenvalue weighted by Crippen LogP contribution is 2.45. The number of benzene rings is 8. The number of rotatable bonds is 24. The highest BCUT2D eigenvalue weighted by molar-refractivity contribution is 5.81. The van der Waals surface area contributed by atoms with E-state index in [2.05, 4.69) is 132 Å². The van der Waals surface area contributed by atoms with Gasteiger partial charge < -0.3 is 37.9 Å². The van der Waals surface area contributed by atoms with E-state index in [0.29, 0.717) is 93.9 Å². The first-order valence-corrected chi connectivity index (χ1v) is 31.8. The second-order valence-corrected chi connectivity index (χ2v) is 27.6. The molecule has 0 N–H and O–H groups in total. The average Bonchev–Trinajstić information content (AvgIpc) is 0.771. The second-order valence-electron chi connectivity index (χ2n) is 27.6. The van der Waals surface area contributed by atoms with Gasteiger partial charge in [-0.3, -0.25) is 19.2 Å². The Balaban J connectivity index is 1.30. The summed E-state index contributed by atoms with van der Waals surface area (Å²) in [6.45, 7) is 27.9. The zero-order chi connectivity index (χ0) is 65.8. The SMILES string of the molecule is CC(C)(C)c1cc2c(OCCOc3ccccc3C=O)c(c1)Cc1cc(C(C)(C)C)cc(c1OCCOc1ccccc1C=O)Cc1cc(C(C)(C)C)cc(c1OCCOc1ccccc1C=O)Cc1cc(C(C)(C)C)cc(c1OCCOc1ccccc1C=O)C2. The minimum absolute atomic E-state index is 0.150. The van der Waals surface area contributed by atoms with Crippen LogP contribution in [0.3, 0.4) is 0 Å². The molecule has 0 unspecified atom stereocenters. The first kappa shape index (κ1) is 67.2. The summed E-state index contributed by atoms with van der Waals surface area (Å²) in [5, 5.41) is 0. The van der Waals surface area contributed by atoms with Crippen LogP contribution in [0.1, 0.15) is 191 Å². The molecule has 12 heteroatoms. The molecule has 0 radical (unpaired) electrons. The van der Waals surface area contributed by atoms with E-state index in [1.807, 2.05) is 48.5 Å². The molecule has 1 aliphatic rings. The van der Waals surface area contributed by atoms with Gasteiger partial charge in [-0.2, -0.15) is 0 Å². The van der Waals surface area contributed by atoms with Crippen molar-refractivity contribution < 1.29 is 57.1 Å². The van der Waals surface area contributed by atoms with Crippen LogP contribution in [-0.4, -0.2) is 78.0 Å². The van der Waals surface area contributed by atoms with E-state index in [9.17, 15) is 19.2 Å². The Morgan fingerprint density at radius 3 is 0.587 bits per heavy atom. The predicted octanol–water partition coefficient (Wildman–Crippen LogP) is 16.6. The van der Waals surface area contributed by atoms with Crippen LogP contribution in [0.15, 0.2) is 146 Å². The number of carbonyl (C=O) groups is 4. The van der Waals surface area contributed by atoms with Gasteiger partial charge in [0.15, 0.2) is 25.1 Å². The summed E-state index contributed by atoms with van der Waals surface area (Å²) in [5.41, 5.74) is 12.4. The van der Waals surface area contributed by atoms with E-state index in [0.717, 1.165) is 91.9 Å². The molecular formula is C80H88O12. The molecule has 0 fully saturated rings. The highest BCUT2D eigenvalue weighted by atomic mass is 16.5. The van der Waals surface area contributed by atoms with Gasteiger partial charge in [0.25, 0.3) is 0 Å². The molecule has 0 atom stereocenters. The normalized spacial score (nSPS) is 12.5. The Bertz CT molecular complexity index is 3320. The molecule has 12 nitrogen and oxygen atoms in total. The van der Waals surface area contributed by atoms with Crippen molar-refractivity contribution in [1.29, 1.82) is 0 Å². The zero-order valence-corrected chi connectivity index (χ0v) is 55.6. The molecule has 0 saturated heterocycles. The fourth-order valence-electron chi connectivity index (χ4n) is 11.4. The number of fused-ring (bicyclic) bond motifs is 8. The van der Waals surface area contributed by atoms with E-state index >= 15 is 0 Å². The molecule has 1 aliphatic carbocycles. The molecule has 0 aromatic heterocycles. The number of aldehydes is 4. The molecule has 0 saturated carbocycles. The van der Waals surface area contributed by atoms with Crippen LogP contribution in [0.5, 0.6) is 46.0 Å². The topological polar surface area (TPSA) is 142 Å². The number of hydrogen-bond acceptors (Lipinski definition) is 12. The van der Waals surface area contributed by atoms with Crippen molar-refractivity contribution in [3.05, 3.63) is 235 Å². The smallest absolute Gasteiger partial charge is 0.153 e. The van der Waals surface area contributed by atoms with Gasteiger partial charge in [-0.25, -0.2) is 0 Å². The van der Waals surface area contributed by atoms with E-state index in [4.69, 9.17) is 37.9 Å². The van der Waals surface area contributed by atoms with Crippen LogP contribution in [-0.2, 0) is 47.3 Å². The van der Waals surface area contributed by atoms with Crippen molar-refractivity contribution >= 4 is 25.1 Å². The van der Waals surface area contributed by atoms with Crippen molar-refractivity contribution in [1.82, 2.24) is 0 Å². The summed E-state index contributed by atoms with van der Waals surface area (Å²) in [6, 6.07) is 46.8. The van der Waals surface area contributed by atoms with Crippen LogP contribution in [0.2, 0.25) is 0 Å². The summed E-state index contributed by atoms with van der Waals surface area (Å²) in [5.74, 6) is 4.64. The number of ether oxygens (including phenoxy) is 8. The van der Waals surface area contributed by atoms with Gasteiger partial charge in [-0.05, 0) is 137 Å². The van der Waals surface area contributed by atoms with Gasteiger partial charge in [0, 0.05) is 25.7 Å². The van der Waals surface area contributed by atoms with Crippen LogP contribution in [0.4, 0.5) is 0 Å². The first-order valence-electron chi connectivity index (χ1n) is 31.8. The van der Waals surface area contributed by atoms with Crippen molar-refractivity contribution in [3.63, 3.8) is 0 Å². The first-order chi connectivity index (χ1) is 43.9. The van der Waals surface area contributed by atoms with Gasteiger partial charge in [0.1, 0.15) is 98.9 Å². The average molecular weight is 1240 g/mol. The maximum atomic E-state index is 12.2. The zero-order valence-electron chi connectivity index (χ0n) is 55.6.